The van der Waals surface area contributed by atoms with Crippen molar-refractivity contribution in [3.63, 3.8) is 0 Å². The molecular formula is C12H15BrO2. The van der Waals surface area contributed by atoms with E-state index < -0.39 is 0 Å². The molecule has 15 heavy (non-hydrogen) atoms. The Bertz CT molecular complexity index is 399. The van der Waals surface area contributed by atoms with Crippen molar-refractivity contribution in [1.82, 2.24) is 0 Å². The molecule has 0 aliphatic heterocycles. The van der Waals surface area contributed by atoms with E-state index >= 15 is 0 Å². The van der Waals surface area contributed by atoms with Crippen LogP contribution in [0.4, 0.5) is 0 Å². The quantitative estimate of drug-likeness (QED) is 0.850. The van der Waals surface area contributed by atoms with Crippen molar-refractivity contribution >= 4 is 15.9 Å². The number of halogens is 1. The van der Waals surface area contributed by atoms with Gasteiger partial charge in [-0.25, -0.2) is 0 Å². The number of hydrogen-bond donors (Lipinski definition) is 1. The molecule has 2 nitrogen and oxygen atoms in total. The van der Waals surface area contributed by atoms with Gasteiger partial charge in [0, 0.05) is 15.6 Å². The van der Waals surface area contributed by atoms with Gasteiger partial charge in [0.25, 0.3) is 0 Å². The second-order valence-corrected chi connectivity index (χ2v) is 5.50. The Morgan fingerprint density at radius 3 is 2.73 bits per heavy atom. The van der Waals surface area contributed by atoms with Gasteiger partial charge in [0.05, 0.1) is 13.2 Å². The minimum atomic E-state index is -0.389. The molecule has 0 saturated heterocycles. The van der Waals surface area contributed by atoms with Gasteiger partial charge >= 0.3 is 0 Å². The molecule has 1 aliphatic carbocycles. The molecule has 0 amide bonds. The van der Waals surface area contributed by atoms with Crippen LogP contribution >= 0.6 is 15.9 Å². The summed E-state index contributed by atoms with van der Waals surface area (Å²) in [6, 6.07) is 3.88. The van der Waals surface area contributed by atoms with E-state index in [0.717, 1.165) is 27.8 Å². The third kappa shape index (κ3) is 1.58. The monoisotopic (exact) mass is 270 g/mol. The largest absolute Gasteiger partial charge is 0.496 e. The van der Waals surface area contributed by atoms with Crippen LogP contribution in [-0.2, 0) is 5.41 Å². The zero-order valence-electron chi connectivity index (χ0n) is 9.17. The van der Waals surface area contributed by atoms with Gasteiger partial charge in [0.15, 0.2) is 0 Å². The first-order valence-corrected chi connectivity index (χ1v) is 5.81. The van der Waals surface area contributed by atoms with Crippen LogP contribution in [0, 0.1) is 0 Å². The predicted octanol–water partition coefficient (Wildman–Crippen LogP) is 3.17. The number of hydrogen-bond acceptors (Lipinski definition) is 2. The molecular weight excluding hydrogens is 256 g/mol. The highest BCUT2D eigenvalue weighted by molar-refractivity contribution is 9.10. The van der Waals surface area contributed by atoms with Crippen LogP contribution < -0.4 is 4.74 Å². The van der Waals surface area contributed by atoms with Crippen LogP contribution in [0.5, 0.6) is 5.75 Å². The first kappa shape index (κ1) is 11.0. The molecule has 0 saturated carbocycles. The zero-order chi connectivity index (χ0) is 11.2. The second kappa shape index (κ2) is 3.49. The highest BCUT2D eigenvalue weighted by atomic mass is 79.9. The maximum Gasteiger partial charge on any atom is 0.123 e. The van der Waals surface area contributed by atoms with E-state index in [-0.39, 0.29) is 11.5 Å². The average molecular weight is 271 g/mol. The molecule has 82 valence electrons. The lowest BCUT2D eigenvalue weighted by molar-refractivity contribution is 0.161. The molecule has 1 atom stereocenters. The number of benzene rings is 1. The molecule has 0 unspecified atom stereocenters. The lowest BCUT2D eigenvalue weighted by Crippen LogP contribution is -2.13. The van der Waals surface area contributed by atoms with E-state index in [9.17, 15) is 5.11 Å². The lowest BCUT2D eigenvalue weighted by atomic mass is 9.86. The highest BCUT2D eigenvalue weighted by Gasteiger charge is 2.39. The van der Waals surface area contributed by atoms with Crippen molar-refractivity contribution in [3.8, 4) is 5.75 Å². The number of ether oxygens (including phenoxy) is 1. The van der Waals surface area contributed by atoms with E-state index in [1.54, 1.807) is 7.11 Å². The van der Waals surface area contributed by atoms with Crippen molar-refractivity contribution in [2.45, 2.75) is 31.8 Å². The van der Waals surface area contributed by atoms with Gasteiger partial charge in [-0.05, 0) is 24.0 Å². The summed E-state index contributed by atoms with van der Waals surface area (Å²) < 4.78 is 6.33. The smallest absolute Gasteiger partial charge is 0.123 e. The third-order valence-corrected chi connectivity index (χ3v) is 3.78. The minimum Gasteiger partial charge on any atom is -0.496 e. The normalized spacial score (nSPS) is 22.6. The van der Waals surface area contributed by atoms with Gasteiger partial charge in [-0.15, -0.1) is 0 Å². The number of methoxy groups -OCH3 is 1. The summed E-state index contributed by atoms with van der Waals surface area (Å²) in [6.07, 6.45) is 0.362. The van der Waals surface area contributed by atoms with E-state index in [2.05, 4.69) is 29.8 Å². The van der Waals surface area contributed by atoms with Crippen LogP contribution in [-0.4, -0.2) is 12.2 Å². The van der Waals surface area contributed by atoms with Crippen molar-refractivity contribution < 1.29 is 9.84 Å². The fourth-order valence-electron chi connectivity index (χ4n) is 2.46. The maximum absolute atomic E-state index is 10.0. The Balaban J connectivity index is 2.71. The summed E-state index contributed by atoms with van der Waals surface area (Å²) in [5.74, 6) is 0.870. The summed E-state index contributed by atoms with van der Waals surface area (Å²) in [5, 5.41) is 10.0. The average Bonchev–Trinajstić information content (AvgIpc) is 2.39. The molecule has 2 rings (SSSR count). The molecule has 0 radical (unpaired) electrons. The summed E-state index contributed by atoms with van der Waals surface area (Å²) in [7, 11) is 1.67. The van der Waals surface area contributed by atoms with Gasteiger partial charge in [-0.2, -0.15) is 0 Å². The van der Waals surface area contributed by atoms with E-state index in [1.807, 2.05) is 12.1 Å². The Kier molecular flexibility index (Phi) is 2.55. The summed E-state index contributed by atoms with van der Waals surface area (Å²) >= 11 is 3.49. The Labute approximate surface area is 98.4 Å². The van der Waals surface area contributed by atoms with Crippen molar-refractivity contribution in [2.24, 2.45) is 0 Å². The molecule has 1 aliphatic rings. The molecule has 0 heterocycles. The van der Waals surface area contributed by atoms with Crippen molar-refractivity contribution in [3.05, 3.63) is 27.7 Å². The van der Waals surface area contributed by atoms with Crippen LogP contribution in [0.1, 0.15) is 37.5 Å². The van der Waals surface area contributed by atoms with Gasteiger partial charge in [0.2, 0.25) is 0 Å². The number of rotatable bonds is 1. The molecule has 0 aromatic heterocycles. The molecule has 1 aromatic carbocycles. The minimum absolute atomic E-state index is 0.0239. The topological polar surface area (TPSA) is 29.5 Å². The van der Waals surface area contributed by atoms with E-state index in [4.69, 9.17) is 4.74 Å². The van der Waals surface area contributed by atoms with Gasteiger partial charge in [-0.1, -0.05) is 29.8 Å². The van der Waals surface area contributed by atoms with E-state index in [0.29, 0.717) is 0 Å². The Morgan fingerprint density at radius 1 is 1.47 bits per heavy atom. The molecule has 3 heteroatoms. The predicted molar refractivity (Wildman–Crippen MR) is 63.3 cm³/mol. The number of fused-ring (bicyclic) bond motifs is 1. The lowest BCUT2D eigenvalue weighted by Gasteiger charge is -2.21. The molecule has 1 N–H and O–H groups in total. The maximum atomic E-state index is 10.0. The zero-order valence-corrected chi connectivity index (χ0v) is 10.8. The molecule has 0 fully saturated rings. The second-order valence-electron chi connectivity index (χ2n) is 4.64. The third-order valence-electron chi connectivity index (χ3n) is 3.09. The standard InChI is InChI=1S/C12H15BrO2/c1-12(2)6-8(14)10-7(13)4-5-9(15-3)11(10)12/h4-5,8,14H,6H2,1-3H3/t8-/m0/s1. The number of aliphatic hydroxyl groups is 1. The fraction of sp³-hybridized carbons (Fsp3) is 0.500. The van der Waals surface area contributed by atoms with E-state index in [1.165, 1.54) is 0 Å². The molecule has 1 aromatic rings. The van der Waals surface area contributed by atoms with Crippen LogP contribution in [0.3, 0.4) is 0 Å². The van der Waals surface area contributed by atoms with Crippen LogP contribution in [0.15, 0.2) is 16.6 Å². The van der Waals surface area contributed by atoms with Crippen molar-refractivity contribution in [2.75, 3.05) is 7.11 Å². The molecule has 0 spiro atoms. The SMILES string of the molecule is COc1ccc(Br)c2c1C(C)(C)C[C@@H]2O. The van der Waals surface area contributed by atoms with Gasteiger partial charge in [0.1, 0.15) is 5.75 Å². The summed E-state index contributed by atoms with van der Waals surface area (Å²) in [5.41, 5.74) is 2.09. The van der Waals surface area contributed by atoms with Gasteiger partial charge < -0.3 is 9.84 Å². The van der Waals surface area contributed by atoms with Crippen LogP contribution in [0.25, 0.3) is 0 Å². The Morgan fingerprint density at radius 2 is 2.13 bits per heavy atom. The number of aliphatic hydroxyl groups excluding tert-OH is 1. The van der Waals surface area contributed by atoms with Gasteiger partial charge in [-0.3, -0.25) is 0 Å². The summed E-state index contributed by atoms with van der Waals surface area (Å²) in [4.78, 5) is 0. The molecule has 0 bridgehead atoms. The highest BCUT2D eigenvalue weighted by Crippen LogP contribution is 2.51. The first-order valence-electron chi connectivity index (χ1n) is 5.02. The first-order chi connectivity index (χ1) is 6.97. The fourth-order valence-corrected chi connectivity index (χ4v) is 3.05. The Hall–Kier alpha value is -0.540. The van der Waals surface area contributed by atoms with Crippen molar-refractivity contribution in [1.29, 1.82) is 0 Å². The summed E-state index contributed by atoms with van der Waals surface area (Å²) in [6.45, 7) is 4.27. The van der Waals surface area contributed by atoms with Crippen LogP contribution in [0.2, 0.25) is 0 Å².